The average molecular weight is 338 g/mol. The van der Waals surface area contributed by atoms with E-state index in [2.05, 4.69) is 10.4 Å². The Bertz CT molecular complexity index is 809. The van der Waals surface area contributed by atoms with Crippen molar-refractivity contribution in [1.29, 1.82) is 0 Å². The van der Waals surface area contributed by atoms with Crippen molar-refractivity contribution in [2.45, 2.75) is 6.54 Å². The number of aromatic nitrogens is 1. The number of benzene rings is 2. The second-order valence-corrected chi connectivity index (χ2v) is 5.60. The van der Waals surface area contributed by atoms with Gasteiger partial charge in [-0.2, -0.15) is 0 Å². The van der Waals surface area contributed by atoms with E-state index in [0.717, 1.165) is 11.3 Å². The summed E-state index contributed by atoms with van der Waals surface area (Å²) in [6, 6.07) is 22.8. The average Bonchev–Trinajstić information content (AvgIpc) is 2.63. The van der Waals surface area contributed by atoms with Crippen LogP contribution in [0, 0.1) is 0 Å². The van der Waals surface area contributed by atoms with E-state index in [4.69, 9.17) is 11.6 Å². The summed E-state index contributed by atoms with van der Waals surface area (Å²) in [6.07, 6.45) is 1.52. The maximum atomic E-state index is 12.5. The molecule has 0 aliphatic heterocycles. The number of nitrogens with one attached hydrogen (secondary N) is 1. The van der Waals surface area contributed by atoms with Crippen molar-refractivity contribution in [2.75, 3.05) is 5.01 Å². The smallest absolute Gasteiger partial charge is 0.269 e. The van der Waals surface area contributed by atoms with E-state index in [1.807, 2.05) is 65.7 Å². The van der Waals surface area contributed by atoms with Gasteiger partial charge in [-0.15, -0.1) is 0 Å². The number of rotatable bonds is 5. The molecule has 0 fully saturated rings. The minimum absolute atomic E-state index is 0.237. The van der Waals surface area contributed by atoms with E-state index >= 15 is 0 Å². The van der Waals surface area contributed by atoms with E-state index < -0.39 is 0 Å². The molecule has 0 saturated carbocycles. The Morgan fingerprint density at radius 1 is 1.00 bits per heavy atom. The van der Waals surface area contributed by atoms with E-state index in [1.54, 1.807) is 12.1 Å². The third-order valence-corrected chi connectivity index (χ3v) is 3.68. The zero-order chi connectivity index (χ0) is 16.8. The SMILES string of the molecule is O=C(NN(Cc1ccccc1)c1ccccc1)c1ccnc(Cl)c1. The third kappa shape index (κ3) is 4.12. The van der Waals surface area contributed by atoms with Gasteiger partial charge in [0.25, 0.3) is 5.91 Å². The largest absolute Gasteiger partial charge is 0.281 e. The Morgan fingerprint density at radius 2 is 1.67 bits per heavy atom. The lowest BCUT2D eigenvalue weighted by Gasteiger charge is -2.25. The Hall–Kier alpha value is -2.85. The third-order valence-electron chi connectivity index (χ3n) is 3.48. The van der Waals surface area contributed by atoms with Crippen LogP contribution in [-0.2, 0) is 6.54 Å². The van der Waals surface area contributed by atoms with Crippen LogP contribution in [0.2, 0.25) is 5.15 Å². The standard InChI is InChI=1S/C19H16ClN3O/c20-18-13-16(11-12-21-18)19(24)22-23(17-9-5-2-6-10-17)14-15-7-3-1-4-8-15/h1-13H,14H2,(H,22,24). The topological polar surface area (TPSA) is 45.2 Å². The van der Waals surface area contributed by atoms with Gasteiger partial charge >= 0.3 is 0 Å². The Balaban J connectivity index is 1.83. The molecule has 0 bridgehead atoms. The molecule has 0 aliphatic rings. The normalized spacial score (nSPS) is 10.2. The maximum Gasteiger partial charge on any atom is 0.269 e. The molecule has 24 heavy (non-hydrogen) atoms. The quantitative estimate of drug-likeness (QED) is 0.563. The highest BCUT2D eigenvalue weighted by Crippen LogP contribution is 2.15. The monoisotopic (exact) mass is 337 g/mol. The van der Waals surface area contributed by atoms with Gasteiger partial charge in [-0.1, -0.05) is 60.1 Å². The van der Waals surface area contributed by atoms with Crippen LogP contribution in [-0.4, -0.2) is 10.9 Å². The van der Waals surface area contributed by atoms with Crippen LogP contribution in [0.3, 0.4) is 0 Å². The number of anilines is 1. The Morgan fingerprint density at radius 3 is 2.33 bits per heavy atom. The zero-order valence-electron chi connectivity index (χ0n) is 12.9. The van der Waals surface area contributed by atoms with Gasteiger partial charge in [-0.3, -0.25) is 15.2 Å². The van der Waals surface area contributed by atoms with Crippen molar-refractivity contribution in [2.24, 2.45) is 0 Å². The van der Waals surface area contributed by atoms with Crippen LogP contribution < -0.4 is 10.4 Å². The molecule has 1 amide bonds. The van der Waals surface area contributed by atoms with Gasteiger partial charge in [0.2, 0.25) is 0 Å². The molecular weight excluding hydrogens is 322 g/mol. The summed E-state index contributed by atoms with van der Waals surface area (Å²) in [6.45, 7) is 0.551. The van der Waals surface area contributed by atoms with Gasteiger partial charge in [-0.05, 0) is 29.8 Å². The highest BCUT2D eigenvalue weighted by Gasteiger charge is 2.13. The van der Waals surface area contributed by atoms with Gasteiger partial charge in [0.05, 0.1) is 12.2 Å². The van der Waals surface area contributed by atoms with Crippen LogP contribution in [0.15, 0.2) is 79.0 Å². The first-order valence-electron chi connectivity index (χ1n) is 7.51. The number of nitrogens with zero attached hydrogens (tertiary/aromatic N) is 2. The lowest BCUT2D eigenvalue weighted by molar-refractivity contribution is 0.0948. The van der Waals surface area contributed by atoms with Crippen LogP contribution in [0.25, 0.3) is 0 Å². The van der Waals surface area contributed by atoms with Crippen molar-refractivity contribution in [3.63, 3.8) is 0 Å². The molecule has 0 saturated heterocycles. The van der Waals surface area contributed by atoms with Gasteiger partial charge < -0.3 is 0 Å². The van der Waals surface area contributed by atoms with Crippen LogP contribution in [0.1, 0.15) is 15.9 Å². The summed E-state index contributed by atoms with van der Waals surface area (Å²) in [7, 11) is 0. The number of pyridine rings is 1. The van der Waals surface area contributed by atoms with Gasteiger partial charge in [-0.25, -0.2) is 4.98 Å². The van der Waals surface area contributed by atoms with Crippen LogP contribution >= 0.6 is 11.6 Å². The molecule has 1 heterocycles. The second kappa shape index (κ2) is 7.62. The van der Waals surface area contributed by atoms with Crippen molar-refractivity contribution in [3.8, 4) is 0 Å². The highest BCUT2D eigenvalue weighted by molar-refractivity contribution is 6.29. The summed E-state index contributed by atoms with van der Waals surface area (Å²) in [5.41, 5.74) is 5.39. The summed E-state index contributed by atoms with van der Waals surface area (Å²) >= 11 is 5.87. The first kappa shape index (κ1) is 16.0. The predicted molar refractivity (Wildman–Crippen MR) is 95.8 cm³/mol. The lowest BCUT2D eigenvalue weighted by Crippen LogP contribution is -2.42. The molecule has 120 valence electrons. The fraction of sp³-hybridized carbons (Fsp3) is 0.0526. The first-order valence-corrected chi connectivity index (χ1v) is 7.89. The first-order chi connectivity index (χ1) is 11.7. The molecule has 0 spiro atoms. The molecule has 0 aliphatic carbocycles. The molecule has 3 aromatic rings. The summed E-state index contributed by atoms with van der Waals surface area (Å²) in [5, 5.41) is 2.10. The predicted octanol–water partition coefficient (Wildman–Crippen LogP) is 4.09. The molecule has 3 rings (SSSR count). The number of para-hydroxylation sites is 1. The number of carbonyl (C=O) groups excluding carboxylic acids is 1. The number of amides is 1. The molecule has 5 heteroatoms. The van der Waals surface area contributed by atoms with Crippen molar-refractivity contribution in [1.82, 2.24) is 10.4 Å². The van der Waals surface area contributed by atoms with Crippen molar-refractivity contribution in [3.05, 3.63) is 95.3 Å². The number of hydrogen-bond acceptors (Lipinski definition) is 3. The number of carbonyl (C=O) groups is 1. The number of hydrazine groups is 1. The summed E-state index contributed by atoms with van der Waals surface area (Å²) < 4.78 is 0. The summed E-state index contributed by atoms with van der Waals surface area (Å²) in [5.74, 6) is -0.237. The molecular formula is C19H16ClN3O. The van der Waals surface area contributed by atoms with Crippen molar-refractivity contribution >= 4 is 23.2 Å². The molecule has 0 atom stereocenters. The molecule has 4 nitrogen and oxygen atoms in total. The Kier molecular flexibility index (Phi) is 5.08. The zero-order valence-corrected chi connectivity index (χ0v) is 13.6. The minimum atomic E-state index is -0.237. The van der Waals surface area contributed by atoms with Gasteiger partial charge in [0.1, 0.15) is 5.15 Å². The molecule has 1 aromatic heterocycles. The molecule has 0 radical (unpaired) electrons. The van der Waals surface area contributed by atoms with E-state index in [-0.39, 0.29) is 11.1 Å². The number of halogens is 1. The van der Waals surface area contributed by atoms with Gasteiger partial charge in [0.15, 0.2) is 0 Å². The lowest BCUT2D eigenvalue weighted by atomic mass is 10.2. The molecule has 2 aromatic carbocycles. The summed E-state index contributed by atoms with van der Waals surface area (Å²) in [4.78, 5) is 16.4. The maximum absolute atomic E-state index is 12.5. The van der Waals surface area contributed by atoms with Crippen molar-refractivity contribution < 1.29 is 4.79 Å². The highest BCUT2D eigenvalue weighted by atomic mass is 35.5. The fourth-order valence-electron chi connectivity index (χ4n) is 2.30. The number of hydrogen-bond donors (Lipinski definition) is 1. The Labute approximate surface area is 145 Å². The van der Waals surface area contributed by atoms with E-state index in [1.165, 1.54) is 6.20 Å². The molecule has 0 unspecified atom stereocenters. The fourth-order valence-corrected chi connectivity index (χ4v) is 2.47. The van der Waals surface area contributed by atoms with Crippen LogP contribution in [0.4, 0.5) is 5.69 Å². The van der Waals surface area contributed by atoms with E-state index in [0.29, 0.717) is 12.1 Å². The van der Waals surface area contributed by atoms with E-state index in [9.17, 15) is 4.79 Å². The minimum Gasteiger partial charge on any atom is -0.281 e. The molecule has 1 N–H and O–H groups in total. The van der Waals surface area contributed by atoms with Crippen LogP contribution in [0.5, 0.6) is 0 Å². The second-order valence-electron chi connectivity index (χ2n) is 5.22. The van der Waals surface area contributed by atoms with Gasteiger partial charge in [0, 0.05) is 11.8 Å².